The smallest absolute Gasteiger partial charge is 0.251 e. The second-order valence-corrected chi connectivity index (χ2v) is 5.72. The molecule has 2 heterocycles. The molecule has 0 saturated carbocycles. The van der Waals surface area contributed by atoms with Crippen LogP contribution >= 0.6 is 0 Å². The van der Waals surface area contributed by atoms with Crippen molar-refractivity contribution in [3.63, 3.8) is 0 Å². The lowest BCUT2D eigenvalue weighted by Crippen LogP contribution is -2.26. The van der Waals surface area contributed by atoms with Crippen molar-refractivity contribution in [3.8, 4) is 11.5 Å². The van der Waals surface area contributed by atoms with Crippen LogP contribution in [0.4, 0.5) is 0 Å². The Morgan fingerprint density at radius 2 is 2.13 bits per heavy atom. The number of carbonyl (C=O) groups is 1. The van der Waals surface area contributed by atoms with Crippen LogP contribution in [0.1, 0.15) is 23.2 Å². The van der Waals surface area contributed by atoms with Gasteiger partial charge in [-0.05, 0) is 62.2 Å². The van der Waals surface area contributed by atoms with Gasteiger partial charge in [0, 0.05) is 24.5 Å². The van der Waals surface area contributed by atoms with E-state index in [1.54, 1.807) is 36.7 Å². The van der Waals surface area contributed by atoms with Gasteiger partial charge in [-0.25, -0.2) is 0 Å². The first-order valence-electron chi connectivity index (χ1n) is 7.98. The summed E-state index contributed by atoms with van der Waals surface area (Å²) in [7, 11) is 0. The van der Waals surface area contributed by atoms with Crippen molar-refractivity contribution >= 4 is 5.91 Å². The van der Waals surface area contributed by atoms with Crippen LogP contribution < -0.4 is 15.4 Å². The molecule has 0 aliphatic carbocycles. The summed E-state index contributed by atoms with van der Waals surface area (Å²) in [4.78, 5) is 16.2. The van der Waals surface area contributed by atoms with Crippen LogP contribution in [0.5, 0.6) is 11.5 Å². The molecule has 0 spiro atoms. The van der Waals surface area contributed by atoms with Crippen molar-refractivity contribution in [2.24, 2.45) is 5.92 Å². The number of hydrogen-bond donors (Lipinski definition) is 2. The van der Waals surface area contributed by atoms with Crippen molar-refractivity contribution in [2.75, 3.05) is 19.6 Å². The van der Waals surface area contributed by atoms with Gasteiger partial charge in [0.1, 0.15) is 11.5 Å². The Hall–Kier alpha value is -2.40. The summed E-state index contributed by atoms with van der Waals surface area (Å²) in [5, 5.41) is 6.32. The van der Waals surface area contributed by atoms with Crippen molar-refractivity contribution in [3.05, 3.63) is 54.4 Å². The first kappa shape index (κ1) is 15.5. The zero-order chi connectivity index (χ0) is 15.9. The Balaban J connectivity index is 1.54. The van der Waals surface area contributed by atoms with Gasteiger partial charge >= 0.3 is 0 Å². The van der Waals surface area contributed by atoms with Crippen LogP contribution in [0.25, 0.3) is 0 Å². The summed E-state index contributed by atoms with van der Waals surface area (Å²) in [6, 6.07) is 10.8. The van der Waals surface area contributed by atoms with E-state index in [-0.39, 0.29) is 5.91 Å². The number of nitrogens with one attached hydrogen (secondary N) is 2. The van der Waals surface area contributed by atoms with Crippen LogP contribution in [-0.4, -0.2) is 30.5 Å². The molecule has 1 atom stereocenters. The molecule has 1 amide bonds. The highest BCUT2D eigenvalue weighted by Crippen LogP contribution is 2.21. The van der Waals surface area contributed by atoms with Gasteiger partial charge in [-0.2, -0.15) is 0 Å². The predicted octanol–water partition coefficient (Wildman–Crippen LogP) is 2.60. The summed E-state index contributed by atoms with van der Waals surface area (Å²) in [6.45, 7) is 2.86. The van der Waals surface area contributed by atoms with E-state index < -0.39 is 0 Å². The lowest BCUT2D eigenvalue weighted by atomic mass is 10.1. The molecule has 2 aromatic rings. The second-order valence-electron chi connectivity index (χ2n) is 5.72. The first-order chi connectivity index (χ1) is 11.3. The lowest BCUT2D eigenvalue weighted by molar-refractivity contribution is 0.0951. The van der Waals surface area contributed by atoms with Gasteiger partial charge in [-0.15, -0.1) is 0 Å². The second kappa shape index (κ2) is 7.74. The standard InChI is InChI=1S/C18H21N3O2/c22-18(21-11-5-14-4-8-20-13-14)15-2-1-3-17(12-15)23-16-6-9-19-10-7-16/h1-3,6-7,9-10,12,14,20H,4-5,8,11,13H2,(H,21,22). The van der Waals surface area contributed by atoms with Gasteiger partial charge in [-0.1, -0.05) is 6.07 Å². The molecule has 2 N–H and O–H groups in total. The highest BCUT2D eigenvalue weighted by atomic mass is 16.5. The Morgan fingerprint density at radius 3 is 2.91 bits per heavy atom. The van der Waals surface area contributed by atoms with Crippen LogP contribution in [-0.2, 0) is 0 Å². The third-order valence-electron chi connectivity index (χ3n) is 3.98. The Bertz CT molecular complexity index is 640. The summed E-state index contributed by atoms with van der Waals surface area (Å²) in [5.41, 5.74) is 0.612. The van der Waals surface area contributed by atoms with Gasteiger partial charge in [0.25, 0.3) is 5.91 Å². The largest absolute Gasteiger partial charge is 0.457 e. The molecule has 1 fully saturated rings. The molecular weight excluding hydrogens is 290 g/mol. The molecule has 1 aliphatic heterocycles. The monoisotopic (exact) mass is 311 g/mol. The van der Waals surface area contributed by atoms with Gasteiger partial charge in [-0.3, -0.25) is 9.78 Å². The SMILES string of the molecule is O=C(NCCC1CCNC1)c1cccc(Oc2ccncc2)c1. The van der Waals surface area contributed by atoms with Crippen molar-refractivity contribution in [2.45, 2.75) is 12.8 Å². The van der Waals surface area contributed by atoms with Gasteiger partial charge in [0.05, 0.1) is 0 Å². The number of benzene rings is 1. The normalized spacial score (nSPS) is 17.0. The number of aromatic nitrogens is 1. The topological polar surface area (TPSA) is 63.2 Å². The summed E-state index contributed by atoms with van der Waals surface area (Å²) < 4.78 is 5.73. The number of carbonyl (C=O) groups excluding carboxylic acids is 1. The molecule has 23 heavy (non-hydrogen) atoms. The number of amides is 1. The molecule has 0 radical (unpaired) electrons. The Morgan fingerprint density at radius 1 is 1.26 bits per heavy atom. The van der Waals surface area contributed by atoms with E-state index in [1.165, 1.54) is 6.42 Å². The van der Waals surface area contributed by atoms with Crippen molar-refractivity contribution in [1.29, 1.82) is 0 Å². The Labute approximate surface area is 136 Å². The minimum Gasteiger partial charge on any atom is -0.457 e. The summed E-state index contributed by atoms with van der Waals surface area (Å²) in [6.07, 6.45) is 5.56. The minimum absolute atomic E-state index is 0.0591. The molecule has 3 rings (SSSR count). The molecule has 1 unspecified atom stereocenters. The number of hydrogen-bond acceptors (Lipinski definition) is 4. The molecule has 1 aromatic heterocycles. The van der Waals surface area contributed by atoms with Crippen molar-refractivity contribution in [1.82, 2.24) is 15.6 Å². The maximum absolute atomic E-state index is 12.2. The van der Waals surface area contributed by atoms with Crippen LogP contribution in [0.2, 0.25) is 0 Å². The van der Waals surface area contributed by atoms with Gasteiger partial charge in [0.15, 0.2) is 0 Å². The minimum atomic E-state index is -0.0591. The van der Waals surface area contributed by atoms with E-state index in [0.29, 0.717) is 29.5 Å². The van der Waals surface area contributed by atoms with Gasteiger partial charge < -0.3 is 15.4 Å². The lowest BCUT2D eigenvalue weighted by Gasteiger charge is -2.10. The molecule has 1 aromatic carbocycles. The first-order valence-corrected chi connectivity index (χ1v) is 7.98. The summed E-state index contributed by atoms with van der Waals surface area (Å²) in [5.74, 6) is 1.96. The van der Waals surface area contributed by atoms with E-state index in [9.17, 15) is 4.79 Å². The highest BCUT2D eigenvalue weighted by molar-refractivity contribution is 5.94. The van der Waals surface area contributed by atoms with E-state index in [2.05, 4.69) is 15.6 Å². The van der Waals surface area contributed by atoms with Gasteiger partial charge in [0.2, 0.25) is 0 Å². The summed E-state index contributed by atoms with van der Waals surface area (Å²) >= 11 is 0. The van der Waals surface area contributed by atoms with E-state index in [0.717, 1.165) is 19.5 Å². The zero-order valence-corrected chi connectivity index (χ0v) is 13.0. The van der Waals surface area contributed by atoms with Crippen molar-refractivity contribution < 1.29 is 9.53 Å². The zero-order valence-electron chi connectivity index (χ0n) is 13.0. The fourth-order valence-corrected chi connectivity index (χ4v) is 2.70. The predicted molar refractivity (Wildman–Crippen MR) is 88.7 cm³/mol. The average Bonchev–Trinajstić information content (AvgIpc) is 3.09. The molecule has 120 valence electrons. The quantitative estimate of drug-likeness (QED) is 0.861. The molecule has 1 aliphatic rings. The molecule has 1 saturated heterocycles. The number of pyridine rings is 1. The van der Waals surface area contributed by atoms with E-state index in [1.807, 2.05) is 12.1 Å². The van der Waals surface area contributed by atoms with Crippen LogP contribution in [0, 0.1) is 5.92 Å². The molecule has 5 heteroatoms. The molecule has 5 nitrogen and oxygen atoms in total. The fraction of sp³-hybridized carbons (Fsp3) is 0.333. The third-order valence-corrected chi connectivity index (χ3v) is 3.98. The van der Waals surface area contributed by atoms with Crippen LogP contribution in [0.15, 0.2) is 48.8 Å². The van der Waals surface area contributed by atoms with E-state index in [4.69, 9.17) is 4.74 Å². The Kier molecular flexibility index (Phi) is 5.21. The van der Waals surface area contributed by atoms with E-state index >= 15 is 0 Å². The molecular formula is C18H21N3O2. The molecule has 0 bridgehead atoms. The highest BCUT2D eigenvalue weighted by Gasteiger charge is 2.14. The third kappa shape index (κ3) is 4.53. The maximum Gasteiger partial charge on any atom is 0.251 e. The fourth-order valence-electron chi connectivity index (χ4n) is 2.70. The maximum atomic E-state index is 12.2. The number of nitrogens with zero attached hydrogens (tertiary/aromatic N) is 1. The number of rotatable bonds is 6. The van der Waals surface area contributed by atoms with Crippen LogP contribution in [0.3, 0.4) is 0 Å². The number of ether oxygens (including phenoxy) is 1. The average molecular weight is 311 g/mol.